The van der Waals surface area contributed by atoms with E-state index >= 15 is 0 Å². The number of carboxylic acids is 1. The molecule has 0 aliphatic carbocycles. The van der Waals surface area contributed by atoms with Gasteiger partial charge in [0.2, 0.25) is 5.75 Å². The van der Waals surface area contributed by atoms with E-state index in [2.05, 4.69) is 0 Å². The molecule has 0 spiro atoms. The number of benzene rings is 1. The molecule has 0 atom stereocenters. The minimum absolute atomic E-state index is 0.413. The first-order valence-corrected chi connectivity index (χ1v) is 5.95. The van der Waals surface area contributed by atoms with Crippen LogP contribution in [0.2, 0.25) is 0 Å². The summed E-state index contributed by atoms with van der Waals surface area (Å²) in [5.41, 5.74) is 0.604. The van der Waals surface area contributed by atoms with E-state index in [1.165, 1.54) is 33.5 Å². The smallest absolute Gasteiger partial charge is 0.328 e. The van der Waals surface area contributed by atoms with Gasteiger partial charge in [-0.05, 0) is 30.4 Å². The van der Waals surface area contributed by atoms with Crippen LogP contribution in [0.25, 0.3) is 6.08 Å². The molecule has 0 fully saturated rings. The highest BCUT2D eigenvalue weighted by atomic mass is 16.5. The quantitative estimate of drug-likeness (QED) is 0.773. The highest BCUT2D eigenvalue weighted by Crippen LogP contribution is 2.40. The molecule has 0 aliphatic rings. The average molecular weight is 292 g/mol. The molecule has 0 saturated heterocycles. The second-order valence-electron chi connectivity index (χ2n) is 3.83. The van der Waals surface area contributed by atoms with Gasteiger partial charge in [0.25, 0.3) is 0 Å². The standard InChI is InChI=1S/C15H16O6/c1-19-12-8-5-10(14(20-2)15(12)21-3)4-6-11(16)7-9-13(17)18/h4-9H,1-3H3,(H,17,18)/b6-4+,9-7+. The number of carbonyl (C=O) groups excluding carboxylic acids is 1. The number of ketones is 1. The van der Waals surface area contributed by atoms with E-state index in [4.69, 9.17) is 19.3 Å². The maximum Gasteiger partial charge on any atom is 0.328 e. The topological polar surface area (TPSA) is 82.1 Å². The number of allylic oxidation sites excluding steroid dienone is 2. The molecule has 0 saturated carbocycles. The molecule has 21 heavy (non-hydrogen) atoms. The van der Waals surface area contributed by atoms with Crippen LogP contribution in [-0.4, -0.2) is 38.2 Å². The van der Waals surface area contributed by atoms with Crippen LogP contribution in [0, 0.1) is 0 Å². The van der Waals surface area contributed by atoms with Crippen LogP contribution in [0.15, 0.2) is 30.4 Å². The number of methoxy groups -OCH3 is 3. The molecule has 0 heterocycles. The van der Waals surface area contributed by atoms with Crippen LogP contribution in [0.3, 0.4) is 0 Å². The maximum atomic E-state index is 11.5. The summed E-state index contributed by atoms with van der Waals surface area (Å²) in [4.78, 5) is 21.8. The van der Waals surface area contributed by atoms with Gasteiger partial charge in [0, 0.05) is 11.6 Å². The minimum atomic E-state index is -1.18. The molecule has 112 valence electrons. The van der Waals surface area contributed by atoms with Gasteiger partial charge in [0.05, 0.1) is 21.3 Å². The SMILES string of the molecule is COc1ccc(/C=C/C(=O)/C=C/C(=O)O)c(OC)c1OC. The zero-order valence-corrected chi connectivity index (χ0v) is 12.0. The number of carboxylic acid groups (broad SMARTS) is 1. The fourth-order valence-electron chi connectivity index (χ4n) is 1.64. The first-order valence-electron chi connectivity index (χ1n) is 5.95. The van der Waals surface area contributed by atoms with Gasteiger partial charge in [-0.25, -0.2) is 4.79 Å². The van der Waals surface area contributed by atoms with Crippen molar-refractivity contribution in [1.82, 2.24) is 0 Å². The Morgan fingerprint density at radius 3 is 2.14 bits per heavy atom. The molecular formula is C15H16O6. The van der Waals surface area contributed by atoms with Crippen LogP contribution in [-0.2, 0) is 9.59 Å². The number of hydrogen-bond donors (Lipinski definition) is 1. The Labute approximate surface area is 122 Å². The lowest BCUT2D eigenvalue weighted by atomic mass is 10.1. The Morgan fingerprint density at radius 1 is 0.952 bits per heavy atom. The van der Waals surface area contributed by atoms with Crippen LogP contribution < -0.4 is 14.2 Å². The van der Waals surface area contributed by atoms with E-state index in [0.29, 0.717) is 22.8 Å². The predicted octanol–water partition coefficient (Wildman–Crippen LogP) is 1.94. The minimum Gasteiger partial charge on any atom is -0.493 e. The zero-order chi connectivity index (χ0) is 15.8. The predicted molar refractivity (Wildman–Crippen MR) is 76.9 cm³/mol. The highest BCUT2D eigenvalue weighted by Gasteiger charge is 2.14. The second-order valence-corrected chi connectivity index (χ2v) is 3.83. The lowest BCUT2D eigenvalue weighted by Crippen LogP contribution is -1.97. The number of carbonyl (C=O) groups is 2. The fourth-order valence-corrected chi connectivity index (χ4v) is 1.64. The molecule has 6 heteroatoms. The van der Waals surface area contributed by atoms with E-state index in [-0.39, 0.29) is 0 Å². The van der Waals surface area contributed by atoms with Crippen molar-refractivity contribution in [2.75, 3.05) is 21.3 Å². The first kappa shape index (κ1) is 16.3. The van der Waals surface area contributed by atoms with E-state index in [9.17, 15) is 9.59 Å². The number of ether oxygens (including phenoxy) is 3. The molecule has 0 aliphatic heterocycles. The number of aliphatic carboxylic acids is 1. The largest absolute Gasteiger partial charge is 0.493 e. The highest BCUT2D eigenvalue weighted by molar-refractivity contribution is 6.04. The molecule has 0 amide bonds. The Morgan fingerprint density at radius 2 is 1.62 bits per heavy atom. The molecule has 0 unspecified atom stereocenters. The molecule has 6 nitrogen and oxygen atoms in total. The normalized spacial score (nSPS) is 10.8. The maximum absolute atomic E-state index is 11.5. The van der Waals surface area contributed by atoms with Gasteiger partial charge in [-0.2, -0.15) is 0 Å². The molecular weight excluding hydrogens is 276 g/mol. The van der Waals surface area contributed by atoms with E-state index in [0.717, 1.165) is 12.2 Å². The summed E-state index contributed by atoms with van der Waals surface area (Å²) in [6.45, 7) is 0. The van der Waals surface area contributed by atoms with E-state index in [1.54, 1.807) is 12.1 Å². The van der Waals surface area contributed by atoms with Crippen LogP contribution in [0.5, 0.6) is 17.2 Å². The van der Waals surface area contributed by atoms with Crippen molar-refractivity contribution in [2.45, 2.75) is 0 Å². The van der Waals surface area contributed by atoms with Crippen molar-refractivity contribution in [3.05, 3.63) is 35.9 Å². The molecule has 1 N–H and O–H groups in total. The van der Waals surface area contributed by atoms with Crippen molar-refractivity contribution in [2.24, 2.45) is 0 Å². The van der Waals surface area contributed by atoms with Crippen LogP contribution >= 0.6 is 0 Å². The molecule has 1 rings (SSSR count). The van der Waals surface area contributed by atoms with Gasteiger partial charge in [0.15, 0.2) is 17.3 Å². The summed E-state index contributed by atoms with van der Waals surface area (Å²) < 4.78 is 15.6. The Bertz CT molecular complexity index is 586. The second kappa shape index (κ2) is 7.74. The van der Waals surface area contributed by atoms with Crippen LogP contribution in [0.1, 0.15) is 5.56 Å². The Hall–Kier alpha value is -2.76. The molecule has 1 aromatic carbocycles. The van der Waals surface area contributed by atoms with Gasteiger partial charge in [-0.3, -0.25) is 4.79 Å². The van der Waals surface area contributed by atoms with Crippen LogP contribution in [0.4, 0.5) is 0 Å². The van der Waals surface area contributed by atoms with Gasteiger partial charge in [-0.1, -0.05) is 0 Å². The van der Waals surface area contributed by atoms with Gasteiger partial charge < -0.3 is 19.3 Å². The molecule has 1 aromatic rings. The van der Waals surface area contributed by atoms with E-state index < -0.39 is 11.8 Å². The third-order valence-corrected chi connectivity index (χ3v) is 2.55. The monoisotopic (exact) mass is 292 g/mol. The number of rotatable bonds is 7. The lowest BCUT2D eigenvalue weighted by molar-refractivity contribution is -0.131. The summed E-state index contributed by atoms with van der Waals surface area (Å²) in [6.07, 6.45) is 4.49. The average Bonchev–Trinajstić information content (AvgIpc) is 2.49. The van der Waals surface area contributed by atoms with Crippen molar-refractivity contribution in [3.63, 3.8) is 0 Å². The summed E-state index contributed by atoms with van der Waals surface area (Å²) in [5.74, 6) is -0.294. The lowest BCUT2D eigenvalue weighted by Gasteiger charge is -2.13. The third-order valence-electron chi connectivity index (χ3n) is 2.55. The van der Waals surface area contributed by atoms with Crippen molar-refractivity contribution in [1.29, 1.82) is 0 Å². The first-order chi connectivity index (χ1) is 10.0. The van der Waals surface area contributed by atoms with Crippen molar-refractivity contribution in [3.8, 4) is 17.2 Å². The summed E-state index contributed by atoms with van der Waals surface area (Å²) in [7, 11) is 4.46. The Balaban J connectivity index is 3.08. The van der Waals surface area contributed by atoms with Crippen molar-refractivity contribution >= 4 is 17.8 Å². The van der Waals surface area contributed by atoms with Crippen molar-refractivity contribution < 1.29 is 28.9 Å². The van der Waals surface area contributed by atoms with Gasteiger partial charge >= 0.3 is 5.97 Å². The Kier molecular flexibility index (Phi) is 6.00. The summed E-state index contributed by atoms with van der Waals surface area (Å²) >= 11 is 0. The number of hydrogen-bond acceptors (Lipinski definition) is 5. The van der Waals surface area contributed by atoms with E-state index in [1.807, 2.05) is 0 Å². The molecule has 0 aromatic heterocycles. The molecule has 0 radical (unpaired) electrons. The summed E-state index contributed by atoms with van der Waals surface area (Å²) in [5, 5.41) is 8.44. The summed E-state index contributed by atoms with van der Waals surface area (Å²) in [6, 6.07) is 3.38. The third kappa shape index (κ3) is 4.38. The fraction of sp³-hybridized carbons (Fsp3) is 0.200. The molecule has 0 bridgehead atoms. The zero-order valence-electron chi connectivity index (χ0n) is 12.0. The van der Waals surface area contributed by atoms with Gasteiger partial charge in [0.1, 0.15) is 0 Å². The van der Waals surface area contributed by atoms with Gasteiger partial charge in [-0.15, -0.1) is 0 Å².